The summed E-state index contributed by atoms with van der Waals surface area (Å²) in [5.41, 5.74) is -0.824. The van der Waals surface area contributed by atoms with Gasteiger partial charge in [0.05, 0.1) is 0 Å². The van der Waals surface area contributed by atoms with Gasteiger partial charge in [-0.3, -0.25) is 0 Å². The van der Waals surface area contributed by atoms with E-state index in [1.165, 1.54) is 0 Å². The minimum atomic E-state index is -0.824. The Kier molecular flexibility index (Phi) is 4.05. The largest absolute Gasteiger partial charge is 0.244 e. The number of hydrogen-bond acceptors (Lipinski definition) is 0. The van der Waals surface area contributed by atoms with Crippen LogP contribution in [0.1, 0.15) is 47.5 Å². The predicted molar refractivity (Wildman–Crippen MR) is 48.4 cm³/mol. The Labute approximate surface area is 70.2 Å². The van der Waals surface area contributed by atoms with Crippen LogP contribution in [0.15, 0.2) is 0 Å². The summed E-state index contributed by atoms with van der Waals surface area (Å²) < 4.78 is 12.8. The van der Waals surface area contributed by atoms with Crippen molar-refractivity contribution in [1.29, 1.82) is 0 Å². The Morgan fingerprint density at radius 1 is 1.27 bits per heavy atom. The zero-order chi connectivity index (χ0) is 9.07. The lowest BCUT2D eigenvalue weighted by Gasteiger charge is -2.41. The molecule has 0 spiro atoms. The number of hydrogen-bond donors (Lipinski definition) is 0. The quantitative estimate of drug-likeness (QED) is 0.547. The molecule has 0 aromatic carbocycles. The molecule has 0 bridgehead atoms. The van der Waals surface area contributed by atoms with Crippen molar-refractivity contribution in [1.82, 2.24) is 0 Å². The molecule has 0 aromatic rings. The molecule has 0 heterocycles. The van der Waals surface area contributed by atoms with Crippen LogP contribution in [0.5, 0.6) is 0 Å². The lowest BCUT2D eigenvalue weighted by molar-refractivity contribution is 0.00285. The number of rotatable bonds is 1. The van der Waals surface area contributed by atoms with Gasteiger partial charge in [0, 0.05) is 0 Å². The van der Waals surface area contributed by atoms with Gasteiger partial charge < -0.3 is 0 Å². The van der Waals surface area contributed by atoms with Gasteiger partial charge in [0.25, 0.3) is 0 Å². The number of halogens is 1. The monoisotopic (exact) mass is 160 g/mol. The molecule has 1 aliphatic rings. The highest BCUT2D eigenvalue weighted by molar-refractivity contribution is 4.91. The van der Waals surface area contributed by atoms with Crippen LogP contribution in [0.2, 0.25) is 0 Å². The van der Waals surface area contributed by atoms with E-state index in [4.69, 9.17) is 0 Å². The fourth-order valence-corrected chi connectivity index (χ4v) is 1.50. The van der Waals surface area contributed by atoms with Crippen molar-refractivity contribution < 1.29 is 4.39 Å². The third-order valence-electron chi connectivity index (χ3n) is 2.32. The molecule has 1 heteroatoms. The van der Waals surface area contributed by atoms with Crippen LogP contribution in [0, 0.1) is 11.8 Å². The molecule has 1 aliphatic carbocycles. The number of alkyl halides is 1. The van der Waals surface area contributed by atoms with Gasteiger partial charge in [-0.1, -0.05) is 27.7 Å². The third-order valence-corrected chi connectivity index (χ3v) is 2.32. The molecule has 1 rings (SSSR count). The first-order valence-corrected chi connectivity index (χ1v) is 4.70. The zero-order valence-electron chi connectivity index (χ0n) is 8.45. The first kappa shape index (κ1) is 10.9. The van der Waals surface area contributed by atoms with Gasteiger partial charge >= 0.3 is 0 Å². The first-order chi connectivity index (χ1) is 5.01. The van der Waals surface area contributed by atoms with Gasteiger partial charge in [-0.15, -0.1) is 0 Å². The summed E-state index contributed by atoms with van der Waals surface area (Å²) in [6.45, 7) is 10.0. The van der Waals surface area contributed by atoms with E-state index in [9.17, 15) is 4.39 Å². The van der Waals surface area contributed by atoms with E-state index < -0.39 is 5.67 Å². The maximum atomic E-state index is 12.8. The van der Waals surface area contributed by atoms with Crippen molar-refractivity contribution in [2.75, 3.05) is 0 Å². The topological polar surface area (TPSA) is 0 Å². The van der Waals surface area contributed by atoms with Crippen LogP contribution in [0.25, 0.3) is 0 Å². The maximum absolute atomic E-state index is 12.8. The Bertz CT molecular complexity index is 97.4. The van der Waals surface area contributed by atoms with Crippen LogP contribution in [-0.2, 0) is 0 Å². The Morgan fingerprint density at radius 3 is 1.73 bits per heavy atom. The molecule has 11 heavy (non-hydrogen) atoms. The molecule has 1 saturated carbocycles. The van der Waals surface area contributed by atoms with Crippen molar-refractivity contribution in [2.24, 2.45) is 11.8 Å². The van der Waals surface area contributed by atoms with Gasteiger partial charge in [0.15, 0.2) is 0 Å². The highest BCUT2D eigenvalue weighted by Crippen LogP contribution is 2.44. The van der Waals surface area contributed by atoms with Crippen molar-refractivity contribution in [3.05, 3.63) is 0 Å². The van der Waals surface area contributed by atoms with E-state index in [0.717, 1.165) is 12.8 Å². The minimum Gasteiger partial charge on any atom is -0.244 e. The molecule has 0 atom stereocenters. The maximum Gasteiger partial charge on any atom is 0.108 e. The molecule has 0 radical (unpaired) electrons. The molecule has 0 aromatic heterocycles. The standard InChI is InChI=1S/C8H15F.C2H6/c1-6(2)7-4-8(3,9)5-7;1-2/h6-7H,4-5H2,1-3H3;1-2H3. The van der Waals surface area contributed by atoms with E-state index in [0.29, 0.717) is 11.8 Å². The van der Waals surface area contributed by atoms with Crippen molar-refractivity contribution in [3.8, 4) is 0 Å². The minimum absolute atomic E-state index is 0.653. The van der Waals surface area contributed by atoms with Crippen LogP contribution >= 0.6 is 0 Å². The van der Waals surface area contributed by atoms with Crippen LogP contribution in [-0.4, -0.2) is 5.67 Å². The van der Waals surface area contributed by atoms with Crippen LogP contribution < -0.4 is 0 Å². The lowest BCUT2D eigenvalue weighted by atomic mass is 9.68. The van der Waals surface area contributed by atoms with Gasteiger partial charge in [-0.25, -0.2) is 4.39 Å². The third kappa shape index (κ3) is 3.22. The summed E-state index contributed by atoms with van der Waals surface area (Å²) in [6.07, 6.45) is 1.56. The predicted octanol–water partition coefficient (Wildman–Crippen LogP) is 3.81. The fraction of sp³-hybridized carbons (Fsp3) is 1.00. The summed E-state index contributed by atoms with van der Waals surface area (Å²) in [5.74, 6) is 1.33. The summed E-state index contributed by atoms with van der Waals surface area (Å²) in [5, 5.41) is 0. The average molecular weight is 160 g/mol. The molecular weight excluding hydrogens is 139 g/mol. The SMILES string of the molecule is CC.CC(C)C1CC(C)(F)C1. The summed E-state index contributed by atoms with van der Waals surface area (Å²) in [6, 6.07) is 0. The molecule has 0 unspecified atom stereocenters. The van der Waals surface area contributed by atoms with E-state index in [-0.39, 0.29) is 0 Å². The second-order valence-electron chi connectivity index (χ2n) is 3.83. The normalized spacial score (nSPS) is 35.7. The molecule has 1 fully saturated rings. The second-order valence-corrected chi connectivity index (χ2v) is 3.83. The zero-order valence-corrected chi connectivity index (χ0v) is 8.45. The Hall–Kier alpha value is -0.0700. The van der Waals surface area contributed by atoms with Crippen molar-refractivity contribution >= 4 is 0 Å². The van der Waals surface area contributed by atoms with Crippen LogP contribution in [0.4, 0.5) is 4.39 Å². The average Bonchev–Trinajstić information content (AvgIpc) is 1.87. The molecular formula is C10H21F. The molecule has 0 amide bonds. The first-order valence-electron chi connectivity index (χ1n) is 4.70. The van der Waals surface area contributed by atoms with E-state index in [2.05, 4.69) is 13.8 Å². The Morgan fingerprint density at radius 2 is 1.64 bits per heavy atom. The van der Waals surface area contributed by atoms with Gasteiger partial charge in [-0.05, 0) is 31.6 Å². The van der Waals surface area contributed by atoms with Gasteiger partial charge in [0.1, 0.15) is 5.67 Å². The molecule has 0 nitrogen and oxygen atoms in total. The fourth-order valence-electron chi connectivity index (χ4n) is 1.50. The smallest absolute Gasteiger partial charge is 0.108 e. The van der Waals surface area contributed by atoms with Crippen LogP contribution in [0.3, 0.4) is 0 Å². The summed E-state index contributed by atoms with van der Waals surface area (Å²) in [4.78, 5) is 0. The lowest BCUT2D eigenvalue weighted by Crippen LogP contribution is -2.39. The molecule has 0 aliphatic heterocycles. The highest BCUT2D eigenvalue weighted by Gasteiger charge is 2.41. The Balaban J connectivity index is 0.000000461. The van der Waals surface area contributed by atoms with Gasteiger partial charge in [-0.2, -0.15) is 0 Å². The summed E-state index contributed by atoms with van der Waals surface area (Å²) >= 11 is 0. The van der Waals surface area contributed by atoms with Crippen molar-refractivity contribution in [2.45, 2.75) is 53.1 Å². The van der Waals surface area contributed by atoms with E-state index >= 15 is 0 Å². The molecule has 0 N–H and O–H groups in total. The second kappa shape index (κ2) is 4.08. The molecule has 68 valence electrons. The van der Waals surface area contributed by atoms with Gasteiger partial charge in [0.2, 0.25) is 0 Å². The highest BCUT2D eigenvalue weighted by atomic mass is 19.1. The summed E-state index contributed by atoms with van der Waals surface area (Å²) in [7, 11) is 0. The van der Waals surface area contributed by atoms with E-state index in [1.54, 1.807) is 6.92 Å². The van der Waals surface area contributed by atoms with Crippen molar-refractivity contribution in [3.63, 3.8) is 0 Å². The van der Waals surface area contributed by atoms with E-state index in [1.807, 2.05) is 13.8 Å². The molecule has 0 saturated heterocycles.